The smallest absolute Gasteiger partial charge is 0.224 e. The molecule has 1 fully saturated rings. The molecule has 88 valence electrons. The number of nitrogens with zero attached hydrogens (tertiary/aromatic N) is 3. The van der Waals surface area contributed by atoms with Crippen molar-refractivity contribution >= 4 is 11.8 Å². The number of morpholine rings is 1. The van der Waals surface area contributed by atoms with E-state index < -0.39 is 0 Å². The van der Waals surface area contributed by atoms with Gasteiger partial charge in [-0.25, -0.2) is 4.98 Å². The molecule has 0 spiro atoms. The van der Waals surface area contributed by atoms with Crippen LogP contribution >= 0.6 is 0 Å². The standard InChI is InChI=1S/C10H17N5O/c1-12-10-13-8(7-11)6-9(14-10)15-2-4-16-5-3-15/h6H,2-5,7,11H2,1H3,(H,12,13,14). The quantitative estimate of drug-likeness (QED) is 0.740. The molecule has 2 rings (SSSR count). The molecule has 1 aromatic rings. The van der Waals surface area contributed by atoms with Gasteiger partial charge in [0.2, 0.25) is 5.95 Å². The lowest BCUT2D eigenvalue weighted by atomic mass is 10.3. The number of nitrogens with two attached hydrogens (primary N) is 1. The second-order valence-electron chi connectivity index (χ2n) is 3.59. The van der Waals surface area contributed by atoms with Crippen LogP contribution in [0.25, 0.3) is 0 Å². The zero-order chi connectivity index (χ0) is 11.4. The third-order valence-electron chi connectivity index (χ3n) is 2.53. The van der Waals surface area contributed by atoms with Gasteiger partial charge in [-0.3, -0.25) is 0 Å². The molecule has 1 aliphatic rings. The van der Waals surface area contributed by atoms with Gasteiger partial charge >= 0.3 is 0 Å². The van der Waals surface area contributed by atoms with Crippen molar-refractivity contribution in [3.05, 3.63) is 11.8 Å². The summed E-state index contributed by atoms with van der Waals surface area (Å²) >= 11 is 0. The van der Waals surface area contributed by atoms with E-state index in [0.29, 0.717) is 12.5 Å². The maximum Gasteiger partial charge on any atom is 0.224 e. The second-order valence-corrected chi connectivity index (χ2v) is 3.59. The molecule has 16 heavy (non-hydrogen) atoms. The molecule has 1 aromatic heterocycles. The summed E-state index contributed by atoms with van der Waals surface area (Å²) in [5, 5.41) is 2.95. The van der Waals surface area contributed by atoms with Crippen molar-refractivity contribution in [1.29, 1.82) is 0 Å². The van der Waals surface area contributed by atoms with Crippen LogP contribution in [0, 0.1) is 0 Å². The largest absolute Gasteiger partial charge is 0.378 e. The minimum Gasteiger partial charge on any atom is -0.378 e. The first kappa shape index (κ1) is 11.1. The van der Waals surface area contributed by atoms with E-state index in [-0.39, 0.29) is 0 Å². The lowest BCUT2D eigenvalue weighted by Crippen LogP contribution is -2.37. The molecule has 0 aliphatic carbocycles. The van der Waals surface area contributed by atoms with E-state index in [2.05, 4.69) is 20.2 Å². The highest BCUT2D eigenvalue weighted by Gasteiger charge is 2.14. The van der Waals surface area contributed by atoms with E-state index in [1.165, 1.54) is 0 Å². The Morgan fingerprint density at radius 3 is 2.81 bits per heavy atom. The van der Waals surface area contributed by atoms with Gasteiger partial charge in [0, 0.05) is 32.7 Å². The van der Waals surface area contributed by atoms with Gasteiger partial charge in [-0.1, -0.05) is 0 Å². The van der Waals surface area contributed by atoms with Gasteiger partial charge in [0.25, 0.3) is 0 Å². The highest BCUT2D eigenvalue weighted by Crippen LogP contribution is 2.16. The predicted octanol–water partition coefficient (Wildman–Crippen LogP) is -0.186. The summed E-state index contributed by atoms with van der Waals surface area (Å²) in [7, 11) is 1.80. The number of ether oxygens (including phenoxy) is 1. The van der Waals surface area contributed by atoms with Gasteiger partial charge in [0.05, 0.1) is 18.9 Å². The number of hydrogen-bond acceptors (Lipinski definition) is 6. The lowest BCUT2D eigenvalue weighted by molar-refractivity contribution is 0.122. The van der Waals surface area contributed by atoms with Crippen LogP contribution in [0.15, 0.2) is 6.07 Å². The third kappa shape index (κ3) is 2.40. The molecule has 0 radical (unpaired) electrons. The van der Waals surface area contributed by atoms with E-state index in [4.69, 9.17) is 10.5 Å². The van der Waals surface area contributed by atoms with Crippen molar-refractivity contribution in [3.8, 4) is 0 Å². The van der Waals surface area contributed by atoms with E-state index in [1.54, 1.807) is 7.05 Å². The minimum absolute atomic E-state index is 0.425. The average Bonchev–Trinajstić information content (AvgIpc) is 2.39. The maximum absolute atomic E-state index is 5.61. The third-order valence-corrected chi connectivity index (χ3v) is 2.53. The minimum atomic E-state index is 0.425. The van der Waals surface area contributed by atoms with Crippen LogP contribution in [0.2, 0.25) is 0 Å². The Morgan fingerprint density at radius 1 is 1.44 bits per heavy atom. The molecule has 0 atom stereocenters. The Morgan fingerprint density at radius 2 is 2.19 bits per heavy atom. The molecule has 0 unspecified atom stereocenters. The van der Waals surface area contributed by atoms with E-state index in [0.717, 1.165) is 37.8 Å². The highest BCUT2D eigenvalue weighted by molar-refractivity contribution is 5.45. The number of hydrogen-bond donors (Lipinski definition) is 2. The summed E-state index contributed by atoms with van der Waals surface area (Å²) in [6, 6.07) is 1.94. The molecule has 0 aromatic carbocycles. The Hall–Kier alpha value is -1.40. The van der Waals surface area contributed by atoms with Gasteiger partial charge in [-0.2, -0.15) is 4.98 Å². The molecule has 0 saturated carbocycles. The molecule has 0 amide bonds. The first-order valence-corrected chi connectivity index (χ1v) is 5.42. The number of rotatable bonds is 3. The molecule has 6 nitrogen and oxygen atoms in total. The lowest BCUT2D eigenvalue weighted by Gasteiger charge is -2.28. The molecular weight excluding hydrogens is 206 g/mol. The number of nitrogens with one attached hydrogen (secondary N) is 1. The Balaban J connectivity index is 2.24. The Kier molecular flexibility index (Phi) is 3.53. The molecule has 2 heterocycles. The van der Waals surface area contributed by atoms with Crippen LogP contribution in [0.5, 0.6) is 0 Å². The van der Waals surface area contributed by atoms with Crippen molar-refractivity contribution < 1.29 is 4.74 Å². The summed E-state index contributed by atoms with van der Waals surface area (Å²) in [5.74, 6) is 1.53. The first-order valence-electron chi connectivity index (χ1n) is 5.42. The van der Waals surface area contributed by atoms with Crippen molar-refractivity contribution in [3.63, 3.8) is 0 Å². The topological polar surface area (TPSA) is 76.3 Å². The highest BCUT2D eigenvalue weighted by atomic mass is 16.5. The van der Waals surface area contributed by atoms with Crippen molar-refractivity contribution in [1.82, 2.24) is 9.97 Å². The zero-order valence-corrected chi connectivity index (χ0v) is 9.44. The van der Waals surface area contributed by atoms with Crippen LogP contribution in [0.3, 0.4) is 0 Å². The normalized spacial score (nSPS) is 16.2. The van der Waals surface area contributed by atoms with Crippen LogP contribution in [0.4, 0.5) is 11.8 Å². The molecule has 1 aliphatic heterocycles. The monoisotopic (exact) mass is 223 g/mol. The summed E-state index contributed by atoms with van der Waals surface area (Å²) < 4.78 is 5.31. The Bertz CT molecular complexity index is 329. The first-order chi connectivity index (χ1) is 7.83. The molecule has 6 heteroatoms. The summed E-state index contributed by atoms with van der Waals surface area (Å²) in [6.07, 6.45) is 0. The molecule has 1 saturated heterocycles. The van der Waals surface area contributed by atoms with Gasteiger partial charge in [-0.05, 0) is 0 Å². The van der Waals surface area contributed by atoms with E-state index in [9.17, 15) is 0 Å². The number of aromatic nitrogens is 2. The van der Waals surface area contributed by atoms with Gasteiger partial charge in [-0.15, -0.1) is 0 Å². The van der Waals surface area contributed by atoms with E-state index in [1.807, 2.05) is 6.07 Å². The summed E-state index contributed by atoms with van der Waals surface area (Å²) in [6.45, 7) is 3.65. The maximum atomic E-state index is 5.61. The van der Waals surface area contributed by atoms with Crippen LogP contribution < -0.4 is 16.0 Å². The van der Waals surface area contributed by atoms with Gasteiger partial charge in [0.1, 0.15) is 5.82 Å². The fourth-order valence-corrected chi connectivity index (χ4v) is 1.65. The number of anilines is 2. The molecular formula is C10H17N5O. The average molecular weight is 223 g/mol. The van der Waals surface area contributed by atoms with E-state index >= 15 is 0 Å². The van der Waals surface area contributed by atoms with Gasteiger partial charge < -0.3 is 20.7 Å². The summed E-state index contributed by atoms with van der Waals surface area (Å²) in [4.78, 5) is 10.9. The van der Waals surface area contributed by atoms with Crippen LogP contribution in [-0.4, -0.2) is 43.3 Å². The van der Waals surface area contributed by atoms with Crippen molar-refractivity contribution in [2.75, 3.05) is 43.6 Å². The summed E-state index contributed by atoms with van der Waals surface area (Å²) in [5.41, 5.74) is 6.46. The SMILES string of the molecule is CNc1nc(CN)cc(N2CCOCC2)n1. The van der Waals surface area contributed by atoms with Crippen LogP contribution in [-0.2, 0) is 11.3 Å². The zero-order valence-electron chi connectivity index (χ0n) is 9.44. The van der Waals surface area contributed by atoms with Crippen molar-refractivity contribution in [2.45, 2.75) is 6.54 Å². The van der Waals surface area contributed by atoms with Gasteiger partial charge in [0.15, 0.2) is 0 Å². The predicted molar refractivity (Wildman–Crippen MR) is 62.5 cm³/mol. The Labute approximate surface area is 94.8 Å². The molecule has 3 N–H and O–H groups in total. The van der Waals surface area contributed by atoms with Crippen molar-refractivity contribution in [2.24, 2.45) is 5.73 Å². The fourth-order valence-electron chi connectivity index (χ4n) is 1.65. The van der Waals surface area contributed by atoms with Crippen LogP contribution in [0.1, 0.15) is 5.69 Å². The molecule has 0 bridgehead atoms. The fraction of sp³-hybridized carbons (Fsp3) is 0.600. The second kappa shape index (κ2) is 5.09.